The van der Waals surface area contributed by atoms with Crippen molar-refractivity contribution in [3.8, 4) is 5.75 Å². The molecule has 0 fully saturated rings. The van der Waals surface area contributed by atoms with E-state index in [2.05, 4.69) is 19.2 Å². The number of hydrogen-bond acceptors (Lipinski definition) is 3. The lowest BCUT2D eigenvalue weighted by atomic mass is 10.0. The topological polar surface area (TPSA) is 58.6 Å². The largest absolute Gasteiger partial charge is 0.483 e. The first-order valence-corrected chi connectivity index (χ1v) is 13.0. The van der Waals surface area contributed by atoms with Gasteiger partial charge in [-0.2, -0.15) is 0 Å². The molecule has 0 bridgehead atoms. The number of benzene rings is 3. The predicted molar refractivity (Wildman–Crippen MR) is 150 cm³/mol. The molecule has 0 saturated carbocycles. The van der Waals surface area contributed by atoms with Crippen molar-refractivity contribution in [2.75, 3.05) is 6.61 Å². The Labute approximate surface area is 225 Å². The van der Waals surface area contributed by atoms with Crippen LogP contribution in [0.3, 0.4) is 0 Å². The highest BCUT2D eigenvalue weighted by molar-refractivity contribution is 6.30. The molecule has 0 spiro atoms. The van der Waals surface area contributed by atoms with Gasteiger partial charge in [0.15, 0.2) is 6.61 Å². The number of rotatable bonds is 10. The minimum absolute atomic E-state index is 0.175. The van der Waals surface area contributed by atoms with Gasteiger partial charge in [0.1, 0.15) is 11.8 Å². The fraction of sp³-hybridized carbons (Fsp3) is 0.355. The highest BCUT2D eigenvalue weighted by Gasteiger charge is 2.32. The molecule has 1 atom stereocenters. The van der Waals surface area contributed by atoms with Gasteiger partial charge >= 0.3 is 0 Å². The molecule has 196 valence electrons. The van der Waals surface area contributed by atoms with Crippen molar-refractivity contribution in [1.29, 1.82) is 0 Å². The summed E-state index contributed by atoms with van der Waals surface area (Å²) in [4.78, 5) is 29.0. The highest BCUT2D eigenvalue weighted by Crippen LogP contribution is 2.26. The van der Waals surface area contributed by atoms with Crippen LogP contribution >= 0.6 is 11.6 Å². The maximum absolute atomic E-state index is 13.8. The van der Waals surface area contributed by atoms with Gasteiger partial charge in [-0.15, -0.1) is 0 Å². The van der Waals surface area contributed by atoms with Crippen molar-refractivity contribution in [3.05, 3.63) is 101 Å². The maximum atomic E-state index is 13.8. The van der Waals surface area contributed by atoms with E-state index in [9.17, 15) is 9.59 Å². The van der Waals surface area contributed by atoms with E-state index in [1.807, 2.05) is 87.5 Å². The summed E-state index contributed by atoms with van der Waals surface area (Å²) in [5.41, 5.74) is 2.43. The Kier molecular flexibility index (Phi) is 9.76. The van der Waals surface area contributed by atoms with Gasteiger partial charge in [0.2, 0.25) is 5.91 Å². The highest BCUT2D eigenvalue weighted by atomic mass is 35.5. The molecule has 0 saturated heterocycles. The number of nitrogens with zero attached hydrogens (tertiary/aromatic N) is 1. The SMILES string of the molecule is CC(C)c1ccccc1OCC(=O)N(Cc1ccc(Cl)cc1)C(Cc1ccccc1)C(=O)NC(C)(C)C. The molecule has 1 unspecified atom stereocenters. The molecule has 1 N–H and O–H groups in total. The number of para-hydroxylation sites is 1. The van der Waals surface area contributed by atoms with Crippen LogP contribution < -0.4 is 10.1 Å². The number of carbonyl (C=O) groups is 2. The molecule has 6 heteroatoms. The van der Waals surface area contributed by atoms with E-state index in [4.69, 9.17) is 16.3 Å². The van der Waals surface area contributed by atoms with E-state index in [1.165, 1.54) is 0 Å². The zero-order valence-corrected chi connectivity index (χ0v) is 23.1. The summed E-state index contributed by atoms with van der Waals surface area (Å²) in [6.45, 7) is 10.0. The van der Waals surface area contributed by atoms with E-state index in [1.54, 1.807) is 17.0 Å². The summed E-state index contributed by atoms with van der Waals surface area (Å²) in [6, 6.07) is 24.1. The van der Waals surface area contributed by atoms with Crippen LogP contribution in [0.4, 0.5) is 0 Å². The lowest BCUT2D eigenvalue weighted by Crippen LogP contribution is -2.55. The van der Waals surface area contributed by atoms with Crippen LogP contribution in [0.2, 0.25) is 5.02 Å². The Hall–Kier alpha value is -3.31. The molecule has 3 rings (SSSR count). The first-order chi connectivity index (χ1) is 17.5. The van der Waals surface area contributed by atoms with Crippen LogP contribution in [0.5, 0.6) is 5.75 Å². The van der Waals surface area contributed by atoms with Crippen LogP contribution in [0.25, 0.3) is 0 Å². The third kappa shape index (κ3) is 8.64. The fourth-order valence-electron chi connectivity index (χ4n) is 4.10. The normalized spacial score (nSPS) is 12.2. The number of carbonyl (C=O) groups excluding carboxylic acids is 2. The molecular weight excluding hydrogens is 484 g/mol. The quantitative estimate of drug-likeness (QED) is 0.336. The monoisotopic (exact) mass is 520 g/mol. The lowest BCUT2D eigenvalue weighted by molar-refractivity contribution is -0.143. The van der Waals surface area contributed by atoms with Crippen LogP contribution in [0.1, 0.15) is 57.2 Å². The minimum atomic E-state index is -0.728. The van der Waals surface area contributed by atoms with Gasteiger partial charge in [-0.05, 0) is 61.6 Å². The van der Waals surface area contributed by atoms with Crippen LogP contribution in [-0.4, -0.2) is 34.9 Å². The Bertz CT molecular complexity index is 1170. The van der Waals surface area contributed by atoms with Crippen LogP contribution in [-0.2, 0) is 22.6 Å². The number of ether oxygens (including phenoxy) is 1. The summed E-state index contributed by atoms with van der Waals surface area (Å²) in [5.74, 6) is 0.454. The average molecular weight is 521 g/mol. The van der Waals surface area contributed by atoms with E-state index in [-0.39, 0.29) is 30.9 Å². The lowest BCUT2D eigenvalue weighted by Gasteiger charge is -2.34. The molecule has 0 aliphatic heterocycles. The average Bonchev–Trinajstić information content (AvgIpc) is 2.85. The molecule has 37 heavy (non-hydrogen) atoms. The van der Waals surface area contributed by atoms with Crippen LogP contribution in [0.15, 0.2) is 78.9 Å². The number of nitrogens with one attached hydrogen (secondary N) is 1. The van der Waals surface area contributed by atoms with Gasteiger partial charge < -0.3 is 15.0 Å². The Balaban J connectivity index is 1.94. The summed E-state index contributed by atoms with van der Waals surface area (Å²) in [5, 5.41) is 3.69. The molecule has 2 amide bonds. The van der Waals surface area contributed by atoms with Gasteiger partial charge in [0, 0.05) is 23.5 Å². The number of halogens is 1. The molecular formula is C31H37ClN2O3. The summed E-state index contributed by atoms with van der Waals surface area (Å²) >= 11 is 6.10. The molecule has 3 aromatic carbocycles. The van der Waals surface area contributed by atoms with Crippen molar-refractivity contribution in [3.63, 3.8) is 0 Å². The smallest absolute Gasteiger partial charge is 0.261 e. The Morgan fingerprint density at radius 1 is 0.892 bits per heavy atom. The van der Waals surface area contributed by atoms with Gasteiger partial charge in [0.05, 0.1) is 0 Å². The Morgan fingerprint density at radius 3 is 2.14 bits per heavy atom. The van der Waals surface area contributed by atoms with Gasteiger partial charge in [-0.25, -0.2) is 0 Å². The molecule has 5 nitrogen and oxygen atoms in total. The first-order valence-electron chi connectivity index (χ1n) is 12.6. The first kappa shape index (κ1) is 28.3. The Morgan fingerprint density at radius 2 is 1.51 bits per heavy atom. The van der Waals surface area contributed by atoms with E-state index < -0.39 is 11.6 Å². The molecule has 0 heterocycles. The van der Waals surface area contributed by atoms with Crippen molar-refractivity contribution in [2.45, 2.75) is 65.1 Å². The zero-order chi connectivity index (χ0) is 27.0. The number of amides is 2. The van der Waals surface area contributed by atoms with E-state index >= 15 is 0 Å². The second-order valence-corrected chi connectivity index (χ2v) is 11.0. The maximum Gasteiger partial charge on any atom is 0.261 e. The van der Waals surface area contributed by atoms with E-state index in [0.717, 1.165) is 16.7 Å². The van der Waals surface area contributed by atoms with E-state index in [0.29, 0.717) is 17.2 Å². The minimum Gasteiger partial charge on any atom is -0.483 e. The molecule has 0 aliphatic rings. The van der Waals surface area contributed by atoms with Crippen molar-refractivity contribution in [1.82, 2.24) is 10.2 Å². The molecule has 0 aliphatic carbocycles. The van der Waals surface area contributed by atoms with Gasteiger partial charge in [-0.3, -0.25) is 9.59 Å². The third-order valence-electron chi connectivity index (χ3n) is 5.93. The summed E-state index contributed by atoms with van der Waals surface area (Å²) < 4.78 is 6.04. The molecule has 3 aromatic rings. The third-order valence-corrected chi connectivity index (χ3v) is 6.18. The standard InChI is InChI=1S/C31H37ClN2O3/c1-22(2)26-13-9-10-14-28(26)37-21-29(35)34(20-24-15-17-25(32)18-16-24)27(30(36)33-31(3,4)5)19-23-11-7-6-8-12-23/h6-18,22,27H,19-21H2,1-5H3,(H,33,36). The second-order valence-electron chi connectivity index (χ2n) is 10.6. The number of hydrogen-bond donors (Lipinski definition) is 1. The van der Waals surface area contributed by atoms with Gasteiger partial charge in [-0.1, -0.05) is 86.1 Å². The van der Waals surface area contributed by atoms with Gasteiger partial charge in [0.25, 0.3) is 5.91 Å². The predicted octanol–water partition coefficient (Wildman–Crippen LogP) is 6.40. The van der Waals surface area contributed by atoms with Crippen LogP contribution in [0, 0.1) is 0 Å². The second kappa shape index (κ2) is 12.8. The van der Waals surface area contributed by atoms with Crippen molar-refractivity contribution < 1.29 is 14.3 Å². The molecule has 0 aromatic heterocycles. The molecule has 0 radical (unpaired) electrons. The van der Waals surface area contributed by atoms with Crippen molar-refractivity contribution >= 4 is 23.4 Å². The zero-order valence-electron chi connectivity index (χ0n) is 22.3. The summed E-state index contributed by atoms with van der Waals surface area (Å²) in [6.07, 6.45) is 0.380. The fourth-order valence-corrected chi connectivity index (χ4v) is 4.23. The summed E-state index contributed by atoms with van der Waals surface area (Å²) in [7, 11) is 0. The van der Waals surface area contributed by atoms with Crippen molar-refractivity contribution in [2.24, 2.45) is 0 Å².